The SMILES string of the molecule is COc1ccc(N(C)C(=O)c2ccc(S(=O)(=O)C(F)F)cc2)cc1OC. The summed E-state index contributed by atoms with van der Waals surface area (Å²) in [5.41, 5.74) is 0.660. The number of methoxy groups -OCH3 is 2. The molecule has 0 saturated heterocycles. The van der Waals surface area contributed by atoms with E-state index in [0.29, 0.717) is 17.2 Å². The summed E-state index contributed by atoms with van der Waals surface area (Å²) in [7, 11) is -0.225. The van der Waals surface area contributed by atoms with Crippen molar-refractivity contribution in [2.75, 3.05) is 26.2 Å². The highest BCUT2D eigenvalue weighted by atomic mass is 32.2. The number of ether oxygens (including phenoxy) is 2. The van der Waals surface area contributed by atoms with E-state index < -0.39 is 26.4 Å². The molecule has 1 amide bonds. The first-order valence-corrected chi connectivity index (χ1v) is 8.89. The zero-order chi connectivity index (χ0) is 19.5. The maximum absolute atomic E-state index is 12.6. The average molecular weight is 385 g/mol. The lowest BCUT2D eigenvalue weighted by Crippen LogP contribution is -2.26. The highest BCUT2D eigenvalue weighted by Crippen LogP contribution is 2.31. The molecule has 2 aromatic carbocycles. The van der Waals surface area contributed by atoms with Crippen LogP contribution in [0.2, 0.25) is 0 Å². The Labute approximate surface area is 149 Å². The van der Waals surface area contributed by atoms with Gasteiger partial charge in [0.15, 0.2) is 11.5 Å². The molecule has 2 aromatic rings. The first-order chi connectivity index (χ1) is 12.2. The fourth-order valence-corrected chi connectivity index (χ4v) is 2.96. The fraction of sp³-hybridized carbons (Fsp3) is 0.235. The van der Waals surface area contributed by atoms with E-state index in [1.165, 1.54) is 38.3 Å². The number of anilines is 1. The molecule has 2 rings (SSSR count). The van der Waals surface area contributed by atoms with Gasteiger partial charge in [-0.25, -0.2) is 8.42 Å². The predicted molar refractivity (Wildman–Crippen MR) is 91.9 cm³/mol. The van der Waals surface area contributed by atoms with E-state index in [0.717, 1.165) is 12.1 Å². The van der Waals surface area contributed by atoms with Crippen molar-refractivity contribution in [2.45, 2.75) is 10.7 Å². The van der Waals surface area contributed by atoms with Crippen LogP contribution in [0.1, 0.15) is 10.4 Å². The van der Waals surface area contributed by atoms with Gasteiger partial charge in [0.25, 0.3) is 5.91 Å². The molecule has 140 valence electrons. The molecule has 0 unspecified atom stereocenters. The van der Waals surface area contributed by atoms with Crippen LogP contribution >= 0.6 is 0 Å². The Bertz CT molecular complexity index is 898. The fourth-order valence-electron chi connectivity index (χ4n) is 2.23. The lowest BCUT2D eigenvalue weighted by atomic mass is 10.2. The largest absolute Gasteiger partial charge is 0.493 e. The minimum atomic E-state index is -4.70. The second-order valence-corrected chi connectivity index (χ2v) is 7.15. The number of alkyl halides is 2. The van der Waals surface area contributed by atoms with E-state index in [1.54, 1.807) is 18.2 Å². The molecule has 0 aliphatic heterocycles. The number of hydrogen-bond donors (Lipinski definition) is 0. The van der Waals surface area contributed by atoms with Crippen LogP contribution in [-0.2, 0) is 9.84 Å². The van der Waals surface area contributed by atoms with Gasteiger partial charge in [-0.2, -0.15) is 8.78 Å². The highest BCUT2D eigenvalue weighted by Gasteiger charge is 2.26. The summed E-state index contributed by atoms with van der Waals surface area (Å²) in [6.07, 6.45) is 0. The number of sulfone groups is 1. The van der Waals surface area contributed by atoms with Crippen molar-refractivity contribution in [3.05, 3.63) is 48.0 Å². The topological polar surface area (TPSA) is 72.9 Å². The van der Waals surface area contributed by atoms with Crippen LogP contribution in [-0.4, -0.2) is 41.3 Å². The van der Waals surface area contributed by atoms with Crippen molar-refractivity contribution >= 4 is 21.4 Å². The van der Waals surface area contributed by atoms with Crippen molar-refractivity contribution in [3.8, 4) is 11.5 Å². The van der Waals surface area contributed by atoms with Crippen LogP contribution in [0, 0.1) is 0 Å². The quantitative estimate of drug-likeness (QED) is 0.764. The third-order valence-corrected chi connectivity index (χ3v) is 5.12. The van der Waals surface area contributed by atoms with Gasteiger partial charge in [0.1, 0.15) is 0 Å². The number of carbonyl (C=O) groups is 1. The summed E-state index contributed by atoms with van der Waals surface area (Å²) in [5.74, 6) is -3.03. The molecule has 0 N–H and O–H groups in total. The number of hydrogen-bond acceptors (Lipinski definition) is 5. The molecule has 0 aromatic heterocycles. The number of nitrogens with zero attached hydrogens (tertiary/aromatic N) is 1. The molecule has 0 aliphatic carbocycles. The molecule has 0 spiro atoms. The van der Waals surface area contributed by atoms with Gasteiger partial charge in [-0.15, -0.1) is 0 Å². The minimum Gasteiger partial charge on any atom is -0.493 e. The van der Waals surface area contributed by atoms with Crippen LogP contribution < -0.4 is 14.4 Å². The molecule has 0 atom stereocenters. The molecule has 0 radical (unpaired) electrons. The summed E-state index contributed by atoms with van der Waals surface area (Å²) in [5, 5.41) is 0. The Morgan fingerprint density at radius 2 is 1.58 bits per heavy atom. The molecule has 0 fully saturated rings. The third-order valence-electron chi connectivity index (χ3n) is 3.72. The van der Waals surface area contributed by atoms with Crippen LogP contribution in [0.3, 0.4) is 0 Å². The first-order valence-electron chi connectivity index (χ1n) is 7.34. The molecule has 9 heteroatoms. The van der Waals surface area contributed by atoms with Crippen LogP contribution in [0.4, 0.5) is 14.5 Å². The van der Waals surface area contributed by atoms with Crippen molar-refractivity contribution in [1.29, 1.82) is 0 Å². The molecule has 0 bridgehead atoms. The Kier molecular flexibility index (Phi) is 5.81. The Morgan fingerprint density at radius 3 is 2.08 bits per heavy atom. The second kappa shape index (κ2) is 7.69. The lowest BCUT2D eigenvalue weighted by molar-refractivity contribution is 0.0993. The molecule has 0 saturated carbocycles. The average Bonchev–Trinajstić information content (AvgIpc) is 2.66. The zero-order valence-electron chi connectivity index (χ0n) is 14.3. The van der Waals surface area contributed by atoms with E-state index in [9.17, 15) is 22.0 Å². The third kappa shape index (κ3) is 3.77. The number of carbonyl (C=O) groups excluding carboxylic acids is 1. The van der Waals surface area contributed by atoms with E-state index >= 15 is 0 Å². The molecule has 0 heterocycles. The lowest BCUT2D eigenvalue weighted by Gasteiger charge is -2.19. The maximum atomic E-state index is 12.6. The highest BCUT2D eigenvalue weighted by molar-refractivity contribution is 7.91. The van der Waals surface area contributed by atoms with Crippen LogP contribution in [0.15, 0.2) is 47.4 Å². The van der Waals surface area contributed by atoms with E-state index in [1.807, 2.05) is 0 Å². The molecular weight excluding hydrogens is 368 g/mol. The van der Waals surface area contributed by atoms with Gasteiger partial charge in [-0.3, -0.25) is 4.79 Å². The number of benzene rings is 2. The van der Waals surface area contributed by atoms with Gasteiger partial charge in [0.05, 0.1) is 19.1 Å². The van der Waals surface area contributed by atoms with E-state index in [2.05, 4.69) is 0 Å². The van der Waals surface area contributed by atoms with Gasteiger partial charge in [-0.1, -0.05) is 0 Å². The van der Waals surface area contributed by atoms with Gasteiger partial charge in [0, 0.05) is 24.4 Å². The number of rotatable bonds is 6. The zero-order valence-corrected chi connectivity index (χ0v) is 15.1. The van der Waals surface area contributed by atoms with Gasteiger partial charge >= 0.3 is 5.76 Å². The molecule has 26 heavy (non-hydrogen) atoms. The van der Waals surface area contributed by atoms with Crippen molar-refractivity contribution in [2.24, 2.45) is 0 Å². The minimum absolute atomic E-state index is 0.149. The Morgan fingerprint density at radius 1 is 1.00 bits per heavy atom. The number of amides is 1. The monoisotopic (exact) mass is 385 g/mol. The summed E-state index contributed by atoms with van der Waals surface area (Å²) in [4.78, 5) is 13.3. The molecule has 0 aliphatic rings. The normalized spacial score (nSPS) is 11.3. The maximum Gasteiger partial charge on any atom is 0.341 e. The predicted octanol–water partition coefficient (Wildman–Crippen LogP) is 2.98. The molecular formula is C17H17F2NO5S. The Hall–Kier alpha value is -2.68. The smallest absolute Gasteiger partial charge is 0.341 e. The Balaban J connectivity index is 2.29. The summed E-state index contributed by atoms with van der Waals surface area (Å²) < 4.78 is 58.3. The van der Waals surface area contributed by atoms with Gasteiger partial charge in [0.2, 0.25) is 9.84 Å². The van der Waals surface area contributed by atoms with Gasteiger partial charge < -0.3 is 14.4 Å². The first kappa shape index (κ1) is 19.6. The van der Waals surface area contributed by atoms with Crippen molar-refractivity contribution in [3.63, 3.8) is 0 Å². The van der Waals surface area contributed by atoms with Crippen molar-refractivity contribution in [1.82, 2.24) is 0 Å². The van der Waals surface area contributed by atoms with Crippen molar-refractivity contribution < 1.29 is 31.5 Å². The summed E-state index contributed by atoms with van der Waals surface area (Å²) in [6, 6.07) is 9.23. The van der Waals surface area contributed by atoms with E-state index in [-0.39, 0.29) is 5.56 Å². The standard InChI is InChI=1S/C17H17F2NO5S/c1-20(12-6-9-14(24-2)15(10-12)25-3)16(21)11-4-7-13(8-5-11)26(22,23)17(18)19/h4-10,17H,1-3H3. The van der Waals surface area contributed by atoms with Crippen LogP contribution in [0.25, 0.3) is 0 Å². The van der Waals surface area contributed by atoms with Crippen LogP contribution in [0.5, 0.6) is 11.5 Å². The molecule has 6 nitrogen and oxygen atoms in total. The summed E-state index contributed by atoms with van der Waals surface area (Å²) >= 11 is 0. The van der Waals surface area contributed by atoms with E-state index in [4.69, 9.17) is 9.47 Å². The second-order valence-electron chi connectivity index (χ2n) is 5.23. The summed E-state index contributed by atoms with van der Waals surface area (Å²) in [6.45, 7) is 0. The van der Waals surface area contributed by atoms with Gasteiger partial charge in [-0.05, 0) is 36.4 Å². The number of halogens is 2.